The molecule has 0 radical (unpaired) electrons. The van der Waals surface area contributed by atoms with Crippen molar-refractivity contribution in [3.63, 3.8) is 0 Å². The van der Waals surface area contributed by atoms with Gasteiger partial charge in [-0.3, -0.25) is 0 Å². The lowest BCUT2D eigenvalue weighted by Crippen LogP contribution is -2.31. The molecular weight excluding hydrogens is 288 g/mol. The zero-order valence-electron chi connectivity index (χ0n) is 11.7. The Balaban J connectivity index is 2.74. The molecule has 1 aromatic heterocycles. The van der Waals surface area contributed by atoms with Crippen LogP contribution in [0.1, 0.15) is 22.8 Å². The third-order valence-electron chi connectivity index (χ3n) is 2.48. The molecule has 1 rings (SSSR count). The highest BCUT2D eigenvalue weighted by Crippen LogP contribution is 2.10. The molecule has 8 nitrogen and oxygen atoms in total. The average molecular weight is 306 g/mol. The van der Waals surface area contributed by atoms with E-state index in [2.05, 4.69) is 9.72 Å². The quantitative estimate of drug-likeness (QED) is 0.501. The Bertz CT molecular complexity index is 539. The average Bonchev–Trinajstić information content (AvgIpc) is 2.84. The number of carbonyl (C=O) groups excluding carboxylic acids is 1. The van der Waals surface area contributed by atoms with E-state index in [4.69, 9.17) is 9.15 Å². The van der Waals surface area contributed by atoms with E-state index in [1.54, 1.807) is 7.11 Å². The van der Waals surface area contributed by atoms with Crippen molar-refractivity contribution in [2.75, 3.05) is 33.6 Å². The third kappa shape index (κ3) is 4.91. The van der Waals surface area contributed by atoms with Gasteiger partial charge in [-0.1, -0.05) is 0 Å². The maximum absolute atomic E-state index is 11.7. The van der Waals surface area contributed by atoms with Gasteiger partial charge in [0.2, 0.25) is 15.9 Å². The van der Waals surface area contributed by atoms with Gasteiger partial charge in [-0.25, -0.2) is 18.2 Å². The summed E-state index contributed by atoms with van der Waals surface area (Å²) in [4.78, 5) is 15.1. The Kier molecular flexibility index (Phi) is 6.11. The van der Waals surface area contributed by atoms with Crippen LogP contribution in [0.5, 0.6) is 0 Å². The molecule has 0 fully saturated rings. The molecule has 9 heteroatoms. The first kappa shape index (κ1) is 16.6. The van der Waals surface area contributed by atoms with Crippen LogP contribution in [0.3, 0.4) is 0 Å². The molecule has 0 saturated carbocycles. The summed E-state index contributed by atoms with van der Waals surface area (Å²) < 4.78 is 39.0. The summed E-state index contributed by atoms with van der Waals surface area (Å²) in [6.45, 7) is 0.688. The van der Waals surface area contributed by atoms with Crippen LogP contribution in [-0.2, 0) is 26.0 Å². The van der Waals surface area contributed by atoms with E-state index in [-0.39, 0.29) is 24.7 Å². The normalized spacial score (nSPS) is 11.8. The maximum Gasteiger partial charge on any atom is 0.360 e. The lowest BCUT2D eigenvalue weighted by molar-refractivity contribution is 0.0594. The van der Waals surface area contributed by atoms with Crippen LogP contribution in [-0.4, -0.2) is 57.3 Å². The minimum atomic E-state index is -3.40. The van der Waals surface area contributed by atoms with E-state index in [1.807, 2.05) is 0 Å². The zero-order valence-corrected chi connectivity index (χ0v) is 12.5. The molecular formula is C11H18N2O6S. The molecule has 0 amide bonds. The Hall–Kier alpha value is -1.45. The van der Waals surface area contributed by atoms with Crippen LogP contribution in [0.4, 0.5) is 0 Å². The van der Waals surface area contributed by atoms with Crippen molar-refractivity contribution < 1.29 is 27.1 Å². The van der Waals surface area contributed by atoms with Gasteiger partial charge in [-0.2, -0.15) is 4.31 Å². The van der Waals surface area contributed by atoms with Crippen LogP contribution in [0.25, 0.3) is 0 Å². The molecule has 0 aliphatic rings. The number of hydrogen-bond donors (Lipinski definition) is 0. The van der Waals surface area contributed by atoms with Gasteiger partial charge in [0.05, 0.1) is 19.9 Å². The SMILES string of the molecule is COCCCN(Cc1nc(C(=O)OC)co1)S(C)(=O)=O. The van der Waals surface area contributed by atoms with Crippen LogP contribution in [0.2, 0.25) is 0 Å². The van der Waals surface area contributed by atoms with Crippen LogP contribution < -0.4 is 0 Å². The number of rotatable bonds is 8. The Morgan fingerprint density at radius 2 is 2.15 bits per heavy atom. The van der Waals surface area contributed by atoms with Crippen LogP contribution in [0, 0.1) is 0 Å². The second-order valence-electron chi connectivity index (χ2n) is 4.06. The first-order valence-corrected chi connectivity index (χ1v) is 7.70. The molecule has 0 saturated heterocycles. The monoisotopic (exact) mass is 306 g/mol. The third-order valence-corrected chi connectivity index (χ3v) is 3.73. The molecule has 0 atom stereocenters. The van der Waals surface area contributed by atoms with E-state index in [9.17, 15) is 13.2 Å². The predicted molar refractivity (Wildman–Crippen MR) is 69.6 cm³/mol. The fraction of sp³-hybridized carbons (Fsp3) is 0.636. The van der Waals surface area contributed by atoms with Gasteiger partial charge in [0.1, 0.15) is 6.26 Å². The molecule has 0 spiro atoms. The van der Waals surface area contributed by atoms with Gasteiger partial charge in [-0.05, 0) is 6.42 Å². The number of methoxy groups -OCH3 is 2. The second-order valence-corrected chi connectivity index (χ2v) is 6.04. The smallest absolute Gasteiger partial charge is 0.360 e. The largest absolute Gasteiger partial charge is 0.464 e. The molecule has 0 unspecified atom stereocenters. The molecule has 0 aromatic carbocycles. The fourth-order valence-electron chi connectivity index (χ4n) is 1.48. The van der Waals surface area contributed by atoms with E-state index < -0.39 is 16.0 Å². The first-order chi connectivity index (χ1) is 9.38. The van der Waals surface area contributed by atoms with Crippen LogP contribution >= 0.6 is 0 Å². The van der Waals surface area contributed by atoms with Gasteiger partial charge in [0.25, 0.3) is 0 Å². The minimum absolute atomic E-state index is 0.00726. The highest BCUT2D eigenvalue weighted by Gasteiger charge is 2.20. The molecule has 1 heterocycles. The lowest BCUT2D eigenvalue weighted by atomic mass is 10.4. The van der Waals surface area contributed by atoms with Crippen molar-refractivity contribution in [1.29, 1.82) is 0 Å². The van der Waals surface area contributed by atoms with Gasteiger partial charge < -0.3 is 13.9 Å². The number of esters is 1. The van der Waals surface area contributed by atoms with Crippen molar-refractivity contribution in [1.82, 2.24) is 9.29 Å². The molecule has 0 bridgehead atoms. The van der Waals surface area contributed by atoms with Gasteiger partial charge in [0.15, 0.2) is 5.69 Å². The maximum atomic E-state index is 11.7. The van der Waals surface area contributed by atoms with Crippen molar-refractivity contribution in [3.8, 4) is 0 Å². The summed E-state index contributed by atoms with van der Waals surface area (Å²) in [6.07, 6.45) is 2.79. The van der Waals surface area contributed by atoms with E-state index in [0.29, 0.717) is 13.0 Å². The molecule has 1 aromatic rings. The predicted octanol–water partition coefficient (Wildman–Crippen LogP) is 0.259. The van der Waals surface area contributed by atoms with E-state index in [1.165, 1.54) is 11.4 Å². The molecule has 0 N–H and O–H groups in total. The lowest BCUT2D eigenvalue weighted by Gasteiger charge is -2.17. The van der Waals surface area contributed by atoms with Crippen molar-refractivity contribution in [2.24, 2.45) is 0 Å². The number of ether oxygens (including phenoxy) is 2. The van der Waals surface area contributed by atoms with Crippen LogP contribution in [0.15, 0.2) is 10.7 Å². The summed E-state index contributed by atoms with van der Waals surface area (Å²) in [5, 5.41) is 0. The Morgan fingerprint density at radius 1 is 1.45 bits per heavy atom. The highest BCUT2D eigenvalue weighted by atomic mass is 32.2. The molecule has 20 heavy (non-hydrogen) atoms. The van der Waals surface area contributed by atoms with E-state index in [0.717, 1.165) is 12.5 Å². The molecule has 0 aliphatic heterocycles. The van der Waals surface area contributed by atoms with Gasteiger partial charge in [0, 0.05) is 20.3 Å². The number of nitrogens with zero attached hydrogens (tertiary/aromatic N) is 2. The second kappa shape index (κ2) is 7.36. The summed E-state index contributed by atoms with van der Waals surface area (Å²) in [7, 11) is -0.629. The minimum Gasteiger partial charge on any atom is -0.464 e. The molecule has 0 aliphatic carbocycles. The Morgan fingerprint density at radius 3 is 2.70 bits per heavy atom. The molecule has 114 valence electrons. The standard InChI is InChI=1S/C11H18N2O6S/c1-17-6-4-5-13(20(3,15)16)7-10-12-9(8-19-10)11(14)18-2/h8H,4-7H2,1-3H3. The Labute approximate surface area is 117 Å². The summed E-state index contributed by atoms with van der Waals surface area (Å²) in [5.41, 5.74) is 0.00726. The summed E-state index contributed by atoms with van der Waals surface area (Å²) in [5.74, 6) is -0.501. The van der Waals surface area contributed by atoms with Gasteiger partial charge in [-0.15, -0.1) is 0 Å². The highest BCUT2D eigenvalue weighted by molar-refractivity contribution is 7.88. The topological polar surface area (TPSA) is 98.9 Å². The summed E-state index contributed by atoms with van der Waals surface area (Å²) >= 11 is 0. The number of aromatic nitrogens is 1. The number of carbonyl (C=O) groups is 1. The van der Waals surface area contributed by atoms with Gasteiger partial charge >= 0.3 is 5.97 Å². The zero-order chi connectivity index (χ0) is 15.2. The van der Waals surface area contributed by atoms with E-state index >= 15 is 0 Å². The van der Waals surface area contributed by atoms with Crippen molar-refractivity contribution >= 4 is 16.0 Å². The van der Waals surface area contributed by atoms with Crippen molar-refractivity contribution in [2.45, 2.75) is 13.0 Å². The first-order valence-electron chi connectivity index (χ1n) is 5.85. The van der Waals surface area contributed by atoms with Crippen molar-refractivity contribution in [3.05, 3.63) is 17.8 Å². The number of oxazole rings is 1. The fourth-order valence-corrected chi connectivity index (χ4v) is 2.29. The number of sulfonamides is 1. The number of hydrogen-bond acceptors (Lipinski definition) is 7. The summed E-state index contributed by atoms with van der Waals surface area (Å²) in [6, 6.07) is 0.